The van der Waals surface area contributed by atoms with E-state index in [1.54, 1.807) is 30.3 Å². The molecule has 0 saturated heterocycles. The highest BCUT2D eigenvalue weighted by atomic mass is 32.2. The van der Waals surface area contributed by atoms with Gasteiger partial charge in [-0.1, -0.05) is 12.1 Å². The van der Waals surface area contributed by atoms with Crippen LogP contribution in [0.25, 0.3) is 22.3 Å². The number of methoxy groups -OCH3 is 1. The van der Waals surface area contributed by atoms with Gasteiger partial charge in [0.05, 0.1) is 19.4 Å². The lowest BCUT2D eigenvalue weighted by Crippen LogP contribution is -2.14. The van der Waals surface area contributed by atoms with Crippen molar-refractivity contribution in [3.8, 4) is 22.8 Å². The van der Waals surface area contributed by atoms with E-state index in [2.05, 4.69) is 19.9 Å². The maximum Gasteiger partial charge on any atom is 0.264 e. The average molecular weight is 457 g/mol. The van der Waals surface area contributed by atoms with Crippen molar-refractivity contribution in [1.82, 2.24) is 15.2 Å². The van der Waals surface area contributed by atoms with Crippen LogP contribution < -0.4 is 19.9 Å². The van der Waals surface area contributed by atoms with E-state index in [4.69, 9.17) is 15.2 Å². The minimum absolute atomic E-state index is 0.229. The molecule has 2 heterocycles. The molecule has 0 amide bonds. The van der Waals surface area contributed by atoms with E-state index in [-0.39, 0.29) is 11.4 Å². The van der Waals surface area contributed by atoms with Crippen molar-refractivity contribution in [2.45, 2.75) is 11.8 Å². The van der Waals surface area contributed by atoms with Crippen LogP contribution in [0.15, 0.2) is 53.4 Å². The third-order valence-electron chi connectivity index (χ3n) is 4.68. The van der Waals surface area contributed by atoms with E-state index >= 15 is 0 Å². The van der Waals surface area contributed by atoms with Gasteiger partial charge < -0.3 is 15.2 Å². The smallest absolute Gasteiger partial charge is 0.264 e. The van der Waals surface area contributed by atoms with Crippen molar-refractivity contribution in [3.05, 3.63) is 54.3 Å². The van der Waals surface area contributed by atoms with E-state index in [0.717, 1.165) is 12.1 Å². The molecule has 9 nitrogen and oxygen atoms in total. The quantitative estimate of drug-likeness (QED) is 0.387. The van der Waals surface area contributed by atoms with Crippen molar-refractivity contribution in [1.29, 1.82) is 0 Å². The molecule has 0 spiro atoms. The van der Waals surface area contributed by atoms with Crippen molar-refractivity contribution in [3.63, 3.8) is 0 Å². The lowest BCUT2D eigenvalue weighted by molar-refractivity contribution is 0.344. The molecule has 2 aromatic heterocycles. The Balaban J connectivity index is 1.64. The predicted molar refractivity (Wildman–Crippen MR) is 119 cm³/mol. The molecule has 0 saturated carbocycles. The highest BCUT2D eigenvalue weighted by molar-refractivity contribution is 7.92. The number of sulfonamides is 1. The zero-order valence-corrected chi connectivity index (χ0v) is 18.0. The van der Waals surface area contributed by atoms with Gasteiger partial charge >= 0.3 is 0 Å². The van der Waals surface area contributed by atoms with Crippen molar-refractivity contribution >= 4 is 32.6 Å². The second-order valence-electron chi connectivity index (χ2n) is 6.75. The fraction of sp³-hybridized carbons (Fsp3) is 0.143. The van der Waals surface area contributed by atoms with Crippen LogP contribution in [0.1, 0.15) is 6.92 Å². The summed E-state index contributed by atoms with van der Waals surface area (Å²) in [5.41, 5.74) is 7.84. The summed E-state index contributed by atoms with van der Waals surface area (Å²) in [6, 6.07) is 11.7. The number of fused-ring (bicyclic) bond motifs is 1. The molecule has 0 aliphatic heterocycles. The molecule has 0 radical (unpaired) electrons. The van der Waals surface area contributed by atoms with E-state index in [9.17, 15) is 12.8 Å². The number of H-pyrrole nitrogens is 1. The first-order chi connectivity index (χ1) is 15.3. The zero-order chi connectivity index (χ0) is 22.9. The third-order valence-corrected chi connectivity index (χ3v) is 6.07. The zero-order valence-electron chi connectivity index (χ0n) is 17.2. The van der Waals surface area contributed by atoms with E-state index < -0.39 is 20.7 Å². The van der Waals surface area contributed by atoms with Gasteiger partial charge in [0.1, 0.15) is 33.4 Å². The fourth-order valence-corrected chi connectivity index (χ4v) is 4.32. The third kappa shape index (κ3) is 4.02. The first kappa shape index (κ1) is 21.4. The number of nitrogens with one attached hydrogen (secondary N) is 2. The highest BCUT2D eigenvalue weighted by Crippen LogP contribution is 2.33. The largest absolute Gasteiger partial charge is 0.497 e. The molecule has 166 valence electrons. The predicted octanol–water partition coefficient (Wildman–Crippen LogP) is 3.55. The summed E-state index contributed by atoms with van der Waals surface area (Å²) in [6.07, 6.45) is 0. The molecule has 11 heteroatoms. The van der Waals surface area contributed by atoms with Crippen LogP contribution in [0.2, 0.25) is 0 Å². The van der Waals surface area contributed by atoms with Crippen LogP contribution in [0.3, 0.4) is 0 Å². The lowest BCUT2D eigenvalue weighted by atomic mass is 10.1. The van der Waals surface area contributed by atoms with Crippen LogP contribution in [-0.2, 0) is 10.0 Å². The Morgan fingerprint density at radius 1 is 1.16 bits per heavy atom. The highest BCUT2D eigenvalue weighted by Gasteiger charge is 2.20. The second kappa shape index (κ2) is 8.35. The maximum atomic E-state index is 14.1. The van der Waals surface area contributed by atoms with Crippen LogP contribution >= 0.6 is 0 Å². The SMILES string of the molecule is CCOc1cc(-c2ccc(NS(=O)(=O)c3cc(OC)ccc3F)cc2)nc2n[nH]c(N)c12. The van der Waals surface area contributed by atoms with Gasteiger partial charge in [0.15, 0.2) is 5.65 Å². The van der Waals surface area contributed by atoms with Crippen molar-refractivity contribution in [2.75, 3.05) is 24.2 Å². The molecule has 4 N–H and O–H groups in total. The summed E-state index contributed by atoms with van der Waals surface area (Å²) >= 11 is 0. The van der Waals surface area contributed by atoms with E-state index in [1.165, 1.54) is 13.2 Å². The molecule has 0 fully saturated rings. The van der Waals surface area contributed by atoms with Crippen molar-refractivity contribution in [2.24, 2.45) is 0 Å². The molecule has 0 bridgehead atoms. The first-order valence-corrected chi connectivity index (χ1v) is 11.0. The molecular formula is C21H20FN5O4S. The molecular weight excluding hydrogens is 437 g/mol. The number of nitrogen functional groups attached to an aromatic ring is 1. The summed E-state index contributed by atoms with van der Waals surface area (Å²) in [6.45, 7) is 2.29. The monoisotopic (exact) mass is 457 g/mol. The standard InChI is InChI=1S/C21H20FN5O4S/c1-3-31-17-11-16(24-21-19(17)20(23)25-26-21)12-4-6-13(7-5-12)27-32(28,29)18-10-14(30-2)8-9-15(18)22/h4-11,27H,3H2,1-2H3,(H3,23,24,25,26). The minimum Gasteiger partial charge on any atom is -0.497 e. The van der Waals surface area contributed by atoms with Crippen LogP contribution in [-0.4, -0.2) is 37.3 Å². The summed E-state index contributed by atoms with van der Waals surface area (Å²) in [5.74, 6) is 0.246. The number of hydrogen-bond acceptors (Lipinski definition) is 7. The number of benzene rings is 2. The number of hydrogen-bond donors (Lipinski definition) is 3. The van der Waals surface area contributed by atoms with Gasteiger partial charge in [-0.25, -0.2) is 17.8 Å². The minimum atomic E-state index is -4.16. The number of halogens is 1. The molecule has 4 aromatic rings. The molecule has 32 heavy (non-hydrogen) atoms. The van der Waals surface area contributed by atoms with Gasteiger partial charge in [-0.3, -0.25) is 9.82 Å². The molecule has 0 atom stereocenters. The van der Waals surface area contributed by atoms with Gasteiger partial charge in [0.2, 0.25) is 0 Å². The Bertz CT molecular complexity index is 1390. The second-order valence-corrected chi connectivity index (χ2v) is 8.40. The number of aromatic nitrogens is 3. The van der Waals surface area contributed by atoms with Gasteiger partial charge in [-0.05, 0) is 31.2 Å². The fourth-order valence-electron chi connectivity index (χ4n) is 3.16. The number of pyridine rings is 1. The number of nitrogens with two attached hydrogens (primary N) is 1. The van der Waals surface area contributed by atoms with Crippen LogP contribution in [0.4, 0.5) is 15.9 Å². The Morgan fingerprint density at radius 2 is 1.91 bits per heavy atom. The lowest BCUT2D eigenvalue weighted by Gasteiger charge is -2.11. The Kier molecular flexibility index (Phi) is 5.57. The van der Waals surface area contributed by atoms with Crippen molar-refractivity contribution < 1.29 is 22.3 Å². The number of nitrogens with zero attached hydrogens (tertiary/aromatic N) is 2. The van der Waals surface area contributed by atoms with Gasteiger partial charge in [-0.2, -0.15) is 5.10 Å². The molecule has 4 rings (SSSR count). The Labute approximate surface area is 183 Å². The normalized spacial score (nSPS) is 11.5. The van der Waals surface area contributed by atoms with E-state index in [1.807, 2.05) is 6.92 Å². The molecule has 2 aromatic carbocycles. The molecule has 0 aliphatic carbocycles. The summed E-state index contributed by atoms with van der Waals surface area (Å²) in [5, 5.41) is 7.37. The van der Waals surface area contributed by atoms with Crippen LogP contribution in [0, 0.1) is 5.82 Å². The number of aromatic amines is 1. The molecule has 0 aliphatic rings. The number of ether oxygens (including phenoxy) is 2. The average Bonchev–Trinajstić information content (AvgIpc) is 3.15. The first-order valence-electron chi connectivity index (χ1n) is 9.56. The number of rotatable bonds is 7. The van der Waals surface area contributed by atoms with Crippen LogP contribution in [0.5, 0.6) is 11.5 Å². The maximum absolute atomic E-state index is 14.1. The van der Waals surface area contributed by atoms with Gasteiger partial charge in [0.25, 0.3) is 10.0 Å². The van der Waals surface area contributed by atoms with Gasteiger partial charge in [0, 0.05) is 23.4 Å². The molecule has 0 unspecified atom stereocenters. The van der Waals surface area contributed by atoms with Gasteiger partial charge in [-0.15, -0.1) is 0 Å². The number of anilines is 2. The Morgan fingerprint density at radius 3 is 2.59 bits per heavy atom. The summed E-state index contributed by atoms with van der Waals surface area (Å²) in [4.78, 5) is 3.98. The Hall–Kier alpha value is -3.86. The summed E-state index contributed by atoms with van der Waals surface area (Å²) < 4.78 is 52.4. The topological polar surface area (TPSA) is 132 Å². The summed E-state index contributed by atoms with van der Waals surface area (Å²) in [7, 11) is -2.79. The van der Waals surface area contributed by atoms with E-state index in [0.29, 0.717) is 40.5 Å².